The molecule has 0 aromatic heterocycles. The van der Waals surface area contributed by atoms with Crippen LogP contribution in [0.2, 0.25) is 0 Å². The first kappa shape index (κ1) is 14.0. The number of hydrogen-bond donors (Lipinski definition) is 0. The molecule has 1 saturated carbocycles. The molecule has 0 aromatic carbocycles. The summed E-state index contributed by atoms with van der Waals surface area (Å²) in [4.78, 5) is 14.2. The predicted octanol–water partition coefficient (Wildman–Crippen LogP) is 3.50. The van der Waals surface area contributed by atoms with E-state index >= 15 is 0 Å². The van der Waals surface area contributed by atoms with Crippen LogP contribution in [-0.2, 0) is 4.79 Å². The number of aldehydes is 1. The van der Waals surface area contributed by atoms with Crippen molar-refractivity contribution in [1.29, 1.82) is 0 Å². The lowest BCUT2D eigenvalue weighted by atomic mass is 9.80. The number of likely N-dealkylation sites (tertiary alicyclic amines) is 1. The van der Waals surface area contributed by atoms with Gasteiger partial charge in [-0.1, -0.05) is 39.5 Å². The van der Waals surface area contributed by atoms with Gasteiger partial charge >= 0.3 is 0 Å². The molecular formula is C16H29NO. The Kier molecular flexibility index (Phi) is 4.83. The molecule has 2 nitrogen and oxygen atoms in total. The maximum absolute atomic E-state index is 11.6. The van der Waals surface area contributed by atoms with E-state index < -0.39 is 0 Å². The fourth-order valence-electron chi connectivity index (χ4n) is 4.11. The van der Waals surface area contributed by atoms with Crippen LogP contribution in [0.5, 0.6) is 0 Å². The van der Waals surface area contributed by atoms with Gasteiger partial charge in [0.1, 0.15) is 6.29 Å². The first-order chi connectivity index (χ1) is 8.63. The highest BCUT2D eigenvalue weighted by molar-refractivity contribution is 5.59. The molecule has 0 bridgehead atoms. The van der Waals surface area contributed by atoms with E-state index in [1.807, 2.05) is 0 Å². The number of rotatable bonds is 3. The Morgan fingerprint density at radius 2 is 1.61 bits per heavy atom. The van der Waals surface area contributed by atoms with E-state index in [0.29, 0.717) is 0 Å². The summed E-state index contributed by atoms with van der Waals surface area (Å²) in [5, 5.41) is 0. The van der Waals surface area contributed by atoms with E-state index in [9.17, 15) is 4.79 Å². The van der Waals surface area contributed by atoms with Crippen molar-refractivity contribution in [2.24, 2.45) is 17.3 Å². The average Bonchev–Trinajstić information content (AvgIpc) is 2.54. The van der Waals surface area contributed by atoms with Crippen LogP contribution in [0, 0.1) is 17.3 Å². The van der Waals surface area contributed by atoms with Crippen LogP contribution in [0.4, 0.5) is 0 Å². The molecule has 0 radical (unpaired) electrons. The zero-order chi connectivity index (χ0) is 13.0. The van der Waals surface area contributed by atoms with Crippen molar-refractivity contribution >= 4 is 6.29 Å². The van der Waals surface area contributed by atoms with Crippen molar-refractivity contribution in [2.45, 2.75) is 58.8 Å². The lowest BCUT2D eigenvalue weighted by Gasteiger charge is -2.40. The summed E-state index contributed by atoms with van der Waals surface area (Å²) in [6, 6.07) is 0. The number of carbonyl (C=O) groups is 1. The maximum Gasteiger partial charge on any atom is 0.127 e. The second-order valence-electron chi connectivity index (χ2n) is 7.03. The third-order valence-electron chi connectivity index (χ3n) is 4.83. The fraction of sp³-hybridized carbons (Fsp3) is 0.938. The molecule has 0 amide bonds. The van der Waals surface area contributed by atoms with Crippen LogP contribution in [0.25, 0.3) is 0 Å². The molecule has 1 heterocycles. The Bertz CT molecular complexity index is 258. The molecule has 1 saturated heterocycles. The second-order valence-corrected chi connectivity index (χ2v) is 7.03. The van der Waals surface area contributed by atoms with Crippen molar-refractivity contribution in [2.75, 3.05) is 19.6 Å². The van der Waals surface area contributed by atoms with Gasteiger partial charge in [0.05, 0.1) is 0 Å². The molecule has 2 unspecified atom stereocenters. The van der Waals surface area contributed by atoms with Crippen molar-refractivity contribution in [1.82, 2.24) is 4.90 Å². The minimum absolute atomic E-state index is 0.0206. The van der Waals surface area contributed by atoms with Crippen LogP contribution in [-0.4, -0.2) is 30.8 Å². The monoisotopic (exact) mass is 251 g/mol. The molecule has 2 aliphatic rings. The highest BCUT2D eigenvalue weighted by Gasteiger charge is 2.34. The van der Waals surface area contributed by atoms with Crippen molar-refractivity contribution in [3.63, 3.8) is 0 Å². The third kappa shape index (κ3) is 3.57. The van der Waals surface area contributed by atoms with Crippen LogP contribution in [0.15, 0.2) is 0 Å². The zero-order valence-electron chi connectivity index (χ0n) is 12.2. The largest absolute Gasteiger partial charge is 0.303 e. The molecule has 1 aliphatic carbocycles. The first-order valence-corrected chi connectivity index (χ1v) is 7.82. The van der Waals surface area contributed by atoms with E-state index in [1.54, 1.807) is 0 Å². The van der Waals surface area contributed by atoms with E-state index in [-0.39, 0.29) is 5.41 Å². The Morgan fingerprint density at radius 3 is 2.11 bits per heavy atom. The summed E-state index contributed by atoms with van der Waals surface area (Å²) in [7, 11) is 0. The highest BCUT2D eigenvalue weighted by Crippen LogP contribution is 2.35. The number of carbonyl (C=O) groups excluding carboxylic acids is 1. The number of piperidine rings is 1. The van der Waals surface area contributed by atoms with Crippen LogP contribution in [0.3, 0.4) is 0 Å². The maximum atomic E-state index is 11.6. The first-order valence-electron chi connectivity index (χ1n) is 7.82. The Hall–Kier alpha value is -0.370. The third-order valence-corrected chi connectivity index (χ3v) is 4.83. The zero-order valence-corrected chi connectivity index (χ0v) is 12.2. The molecular weight excluding hydrogens is 222 g/mol. The Morgan fingerprint density at radius 1 is 1.06 bits per heavy atom. The van der Waals surface area contributed by atoms with Gasteiger partial charge < -0.3 is 9.69 Å². The number of nitrogens with zero attached hydrogens (tertiary/aromatic N) is 1. The van der Waals surface area contributed by atoms with Crippen LogP contribution < -0.4 is 0 Å². The SMILES string of the molecule is CC1CC(C)CN(CC2(C=O)CCCCCC2)C1. The molecule has 0 spiro atoms. The van der Waals surface area contributed by atoms with Crippen LogP contribution >= 0.6 is 0 Å². The smallest absolute Gasteiger partial charge is 0.127 e. The minimum atomic E-state index is -0.0206. The van der Waals surface area contributed by atoms with Gasteiger partial charge in [-0.2, -0.15) is 0 Å². The quantitative estimate of drug-likeness (QED) is 0.565. The van der Waals surface area contributed by atoms with Crippen molar-refractivity contribution in [3.8, 4) is 0 Å². The van der Waals surface area contributed by atoms with Gasteiger partial charge in [-0.3, -0.25) is 0 Å². The summed E-state index contributed by atoms with van der Waals surface area (Å²) in [6.07, 6.45) is 10.0. The van der Waals surface area contributed by atoms with Gasteiger partial charge in [-0.15, -0.1) is 0 Å². The van der Waals surface area contributed by atoms with E-state index in [2.05, 4.69) is 18.7 Å². The van der Waals surface area contributed by atoms with E-state index in [0.717, 1.165) is 31.2 Å². The van der Waals surface area contributed by atoms with Gasteiger partial charge in [0.2, 0.25) is 0 Å². The highest BCUT2D eigenvalue weighted by atomic mass is 16.1. The predicted molar refractivity (Wildman–Crippen MR) is 75.6 cm³/mol. The lowest BCUT2D eigenvalue weighted by molar-refractivity contribution is -0.118. The van der Waals surface area contributed by atoms with E-state index in [1.165, 1.54) is 51.5 Å². The van der Waals surface area contributed by atoms with Gasteiger partial charge in [-0.05, 0) is 31.1 Å². The fourth-order valence-corrected chi connectivity index (χ4v) is 4.11. The average molecular weight is 251 g/mol. The van der Waals surface area contributed by atoms with Gasteiger partial charge in [0.15, 0.2) is 0 Å². The van der Waals surface area contributed by atoms with E-state index in [4.69, 9.17) is 0 Å². The summed E-state index contributed by atoms with van der Waals surface area (Å²) in [5.41, 5.74) is -0.0206. The molecule has 0 N–H and O–H groups in total. The molecule has 2 rings (SSSR count). The number of hydrogen-bond acceptors (Lipinski definition) is 2. The van der Waals surface area contributed by atoms with Crippen molar-refractivity contribution < 1.29 is 4.79 Å². The Labute approximate surface area is 112 Å². The summed E-state index contributed by atoms with van der Waals surface area (Å²) < 4.78 is 0. The molecule has 2 atom stereocenters. The summed E-state index contributed by atoms with van der Waals surface area (Å²) in [6.45, 7) is 8.11. The van der Waals surface area contributed by atoms with Gasteiger partial charge in [-0.25, -0.2) is 0 Å². The molecule has 104 valence electrons. The topological polar surface area (TPSA) is 20.3 Å². The summed E-state index contributed by atoms with van der Waals surface area (Å²) >= 11 is 0. The minimum Gasteiger partial charge on any atom is -0.303 e. The molecule has 2 heteroatoms. The molecule has 1 aliphatic heterocycles. The molecule has 2 fully saturated rings. The molecule has 18 heavy (non-hydrogen) atoms. The second kappa shape index (κ2) is 6.18. The lowest BCUT2D eigenvalue weighted by Crippen LogP contribution is -2.45. The van der Waals surface area contributed by atoms with Crippen LogP contribution in [0.1, 0.15) is 58.8 Å². The van der Waals surface area contributed by atoms with Gasteiger partial charge in [0.25, 0.3) is 0 Å². The van der Waals surface area contributed by atoms with Crippen molar-refractivity contribution in [3.05, 3.63) is 0 Å². The normalized spacial score (nSPS) is 33.9. The summed E-state index contributed by atoms with van der Waals surface area (Å²) in [5.74, 6) is 1.59. The standard InChI is InChI=1S/C16H29NO/c1-14-9-15(2)11-17(10-14)12-16(13-18)7-5-3-4-6-8-16/h13-15H,3-12H2,1-2H3. The Balaban J connectivity index is 1.97. The van der Waals surface area contributed by atoms with Gasteiger partial charge in [0, 0.05) is 25.0 Å². The molecule has 0 aromatic rings.